The van der Waals surface area contributed by atoms with Crippen LogP contribution < -0.4 is 0 Å². The van der Waals surface area contributed by atoms with E-state index in [1.807, 2.05) is 30.3 Å². The van der Waals surface area contributed by atoms with Gasteiger partial charge in [0.1, 0.15) is 0 Å². The van der Waals surface area contributed by atoms with E-state index >= 15 is 0 Å². The normalized spacial score (nSPS) is 14.6. The molecule has 0 amide bonds. The molecule has 0 saturated heterocycles. The summed E-state index contributed by atoms with van der Waals surface area (Å²) in [6.07, 6.45) is 1.65. The van der Waals surface area contributed by atoms with Crippen LogP contribution >= 0.6 is 11.6 Å². The molecule has 136 valence electrons. The number of fused-ring (bicyclic) bond motifs is 3. The van der Waals surface area contributed by atoms with E-state index in [-0.39, 0.29) is 0 Å². The third-order valence-corrected chi connectivity index (χ3v) is 5.43. The molecule has 0 bridgehead atoms. The van der Waals surface area contributed by atoms with Crippen molar-refractivity contribution in [2.24, 2.45) is 0 Å². The minimum Gasteiger partial charge on any atom is -0.357 e. The zero-order valence-electron chi connectivity index (χ0n) is 14.8. The second-order valence-corrected chi connectivity index (χ2v) is 7.38. The molecule has 3 heterocycles. The van der Waals surface area contributed by atoms with Gasteiger partial charge in [0.25, 0.3) is 0 Å². The monoisotopic (exact) mass is 378 g/mol. The van der Waals surface area contributed by atoms with Crippen molar-refractivity contribution in [2.75, 3.05) is 6.54 Å². The Morgan fingerprint density at radius 2 is 2.00 bits per heavy atom. The molecule has 0 fully saturated rings. The summed E-state index contributed by atoms with van der Waals surface area (Å²) in [6.45, 7) is 2.47. The average Bonchev–Trinajstić information content (AvgIpc) is 3.28. The van der Waals surface area contributed by atoms with Gasteiger partial charge in [0.15, 0.2) is 5.82 Å². The molecule has 1 N–H and O–H groups in total. The van der Waals surface area contributed by atoms with Gasteiger partial charge in [0, 0.05) is 37.0 Å². The molecule has 1 aliphatic heterocycles. The first-order valence-electron chi connectivity index (χ1n) is 9.12. The number of nitrogens with zero attached hydrogens (tertiary/aromatic N) is 3. The lowest BCUT2D eigenvalue weighted by atomic mass is 10.0. The maximum atomic E-state index is 6.33. The lowest BCUT2D eigenvalue weighted by Gasteiger charge is -2.25. The molecule has 6 heteroatoms. The molecule has 4 aromatic rings. The Bertz CT molecular complexity index is 1090. The highest BCUT2D eigenvalue weighted by molar-refractivity contribution is 6.35. The summed E-state index contributed by atoms with van der Waals surface area (Å²) in [5.41, 5.74) is 4.82. The number of nitrogens with one attached hydrogen (secondary N) is 1. The summed E-state index contributed by atoms with van der Waals surface area (Å²) in [5, 5.41) is 6.12. The molecule has 2 aromatic heterocycles. The molecule has 1 aliphatic rings. The summed E-state index contributed by atoms with van der Waals surface area (Å²) in [5.74, 6) is 1.40. The van der Waals surface area contributed by atoms with Crippen LogP contribution in [0.2, 0.25) is 5.02 Å². The lowest BCUT2D eigenvalue weighted by molar-refractivity contribution is 0.210. The Morgan fingerprint density at radius 1 is 1.11 bits per heavy atom. The summed E-state index contributed by atoms with van der Waals surface area (Å²) in [6, 6.07) is 16.3. The van der Waals surface area contributed by atoms with Crippen LogP contribution in [0.4, 0.5) is 0 Å². The van der Waals surface area contributed by atoms with E-state index in [0.717, 1.165) is 35.9 Å². The Morgan fingerprint density at radius 3 is 2.89 bits per heavy atom. The van der Waals surface area contributed by atoms with Crippen LogP contribution in [0.5, 0.6) is 0 Å². The van der Waals surface area contributed by atoms with Crippen molar-refractivity contribution in [3.63, 3.8) is 0 Å². The molecule has 0 spiro atoms. The van der Waals surface area contributed by atoms with Crippen LogP contribution in [0, 0.1) is 0 Å². The number of H-pyrrole nitrogens is 1. The van der Waals surface area contributed by atoms with Crippen molar-refractivity contribution in [2.45, 2.75) is 25.9 Å². The van der Waals surface area contributed by atoms with Crippen LogP contribution in [0.1, 0.15) is 28.5 Å². The van der Waals surface area contributed by atoms with Gasteiger partial charge in [-0.25, -0.2) is 0 Å². The molecule has 0 atom stereocenters. The zero-order chi connectivity index (χ0) is 18.2. The number of rotatable bonds is 4. The third-order valence-electron chi connectivity index (χ3n) is 5.11. The van der Waals surface area contributed by atoms with Crippen LogP contribution in [-0.4, -0.2) is 26.6 Å². The van der Waals surface area contributed by atoms with Gasteiger partial charge >= 0.3 is 0 Å². The van der Waals surface area contributed by atoms with Gasteiger partial charge in [-0.2, -0.15) is 4.98 Å². The van der Waals surface area contributed by atoms with Gasteiger partial charge in [-0.3, -0.25) is 4.90 Å². The molecule has 0 radical (unpaired) electrons. The first kappa shape index (κ1) is 16.5. The molecule has 0 aliphatic carbocycles. The van der Waals surface area contributed by atoms with Gasteiger partial charge in [-0.05, 0) is 17.2 Å². The maximum Gasteiger partial charge on any atom is 0.240 e. The second kappa shape index (κ2) is 6.83. The van der Waals surface area contributed by atoms with Gasteiger partial charge in [0.2, 0.25) is 5.89 Å². The molecule has 5 rings (SSSR count). The first-order valence-corrected chi connectivity index (χ1v) is 9.50. The van der Waals surface area contributed by atoms with E-state index in [4.69, 9.17) is 16.1 Å². The highest BCUT2D eigenvalue weighted by Gasteiger charge is 2.23. The predicted molar refractivity (Wildman–Crippen MR) is 105 cm³/mol. The molecule has 5 nitrogen and oxygen atoms in total. The fourth-order valence-corrected chi connectivity index (χ4v) is 4.01. The highest BCUT2D eigenvalue weighted by atomic mass is 35.5. The molecule has 0 unspecified atom stereocenters. The van der Waals surface area contributed by atoms with Crippen molar-refractivity contribution in [1.82, 2.24) is 20.0 Å². The van der Waals surface area contributed by atoms with Crippen LogP contribution in [-0.2, 0) is 25.9 Å². The van der Waals surface area contributed by atoms with Crippen molar-refractivity contribution < 1.29 is 4.52 Å². The summed E-state index contributed by atoms with van der Waals surface area (Å²) in [7, 11) is 0. The van der Waals surface area contributed by atoms with Gasteiger partial charge in [0.05, 0.1) is 17.1 Å². The third kappa shape index (κ3) is 3.24. The number of halogens is 1. The Labute approximate surface area is 162 Å². The number of hydrogen-bond acceptors (Lipinski definition) is 4. The fourth-order valence-electron chi connectivity index (χ4n) is 3.79. The van der Waals surface area contributed by atoms with E-state index < -0.39 is 0 Å². The number of hydrogen-bond donors (Lipinski definition) is 1. The van der Waals surface area contributed by atoms with Gasteiger partial charge in [-0.15, -0.1) is 0 Å². The van der Waals surface area contributed by atoms with Gasteiger partial charge < -0.3 is 9.51 Å². The Hall–Kier alpha value is -2.63. The summed E-state index contributed by atoms with van der Waals surface area (Å²) >= 11 is 6.33. The molecule has 27 heavy (non-hydrogen) atoms. The topological polar surface area (TPSA) is 58.0 Å². The number of benzene rings is 2. The van der Waals surface area contributed by atoms with Crippen molar-refractivity contribution in [3.05, 3.63) is 82.1 Å². The van der Waals surface area contributed by atoms with E-state index in [0.29, 0.717) is 18.9 Å². The molecular formula is C21H19ClN4O. The van der Waals surface area contributed by atoms with Crippen LogP contribution in [0.15, 0.2) is 53.1 Å². The number of aromatic nitrogens is 3. The van der Waals surface area contributed by atoms with Crippen molar-refractivity contribution >= 4 is 22.5 Å². The first-order chi connectivity index (χ1) is 13.3. The van der Waals surface area contributed by atoms with E-state index in [1.54, 1.807) is 0 Å². The fraction of sp³-hybridized carbons (Fsp3) is 0.238. The number of para-hydroxylation sites is 1. The Kier molecular flexibility index (Phi) is 4.19. The zero-order valence-corrected chi connectivity index (χ0v) is 15.5. The molecule has 2 aromatic carbocycles. The largest absolute Gasteiger partial charge is 0.357 e. The van der Waals surface area contributed by atoms with Crippen molar-refractivity contribution in [1.29, 1.82) is 0 Å². The van der Waals surface area contributed by atoms with Crippen molar-refractivity contribution in [3.8, 4) is 0 Å². The summed E-state index contributed by atoms with van der Waals surface area (Å²) < 4.78 is 5.48. The van der Waals surface area contributed by atoms with Gasteiger partial charge in [-0.1, -0.05) is 59.2 Å². The average molecular weight is 379 g/mol. The molecule has 0 saturated carbocycles. The van der Waals surface area contributed by atoms with E-state index in [2.05, 4.69) is 38.2 Å². The summed E-state index contributed by atoms with van der Waals surface area (Å²) in [4.78, 5) is 10.4. The second-order valence-electron chi connectivity index (χ2n) is 6.97. The minimum absolute atomic E-state index is 0.661. The minimum atomic E-state index is 0.661. The van der Waals surface area contributed by atoms with E-state index in [9.17, 15) is 0 Å². The number of aromatic amines is 1. The molecular weight excluding hydrogens is 360 g/mol. The van der Waals surface area contributed by atoms with Crippen LogP contribution in [0.25, 0.3) is 10.9 Å². The van der Waals surface area contributed by atoms with E-state index in [1.165, 1.54) is 22.2 Å². The Balaban J connectivity index is 1.32. The highest BCUT2D eigenvalue weighted by Crippen LogP contribution is 2.31. The van der Waals surface area contributed by atoms with Crippen LogP contribution in [0.3, 0.4) is 0 Å². The predicted octanol–water partition coefficient (Wildman–Crippen LogP) is 4.35. The SMILES string of the molecule is Clc1cccc2c3c([nH]c12)CCN(Cc1nc(Cc2ccccc2)no1)C3. The lowest BCUT2D eigenvalue weighted by Crippen LogP contribution is -2.29. The maximum absolute atomic E-state index is 6.33. The smallest absolute Gasteiger partial charge is 0.240 e. The standard InChI is InChI=1S/C21H19ClN4O/c22-17-8-4-7-15-16-12-26(10-9-18(16)23-21(15)17)13-20-24-19(25-27-20)11-14-5-2-1-3-6-14/h1-8,23H,9-13H2. The quantitative estimate of drug-likeness (QED) is 0.573.